The van der Waals surface area contributed by atoms with Crippen LogP contribution in [0.4, 0.5) is 0 Å². The maximum Gasteiger partial charge on any atom is 0.242 e. The second kappa shape index (κ2) is 11.1. The van der Waals surface area contributed by atoms with Crippen LogP contribution in [0.3, 0.4) is 0 Å². The van der Waals surface area contributed by atoms with Crippen LogP contribution in [0.25, 0.3) is 0 Å². The topological polar surface area (TPSA) is 47.9 Å². The molecule has 0 aromatic heterocycles. The van der Waals surface area contributed by atoms with E-state index >= 15 is 0 Å². The molecule has 1 amide bonds. The fourth-order valence-corrected chi connectivity index (χ4v) is 2.89. The Morgan fingerprint density at radius 1 is 1.36 bits per heavy atom. The lowest BCUT2D eigenvalue weighted by Crippen LogP contribution is -2.55. The van der Waals surface area contributed by atoms with Crippen LogP contribution in [0.15, 0.2) is 29.3 Å². The molecule has 1 aliphatic heterocycles. The summed E-state index contributed by atoms with van der Waals surface area (Å²) in [6, 6.07) is 7.64. The molecule has 1 atom stereocenters. The molecule has 0 aliphatic carbocycles. The van der Waals surface area contributed by atoms with E-state index < -0.39 is 0 Å². The lowest BCUT2D eigenvalue weighted by atomic mass is 10.2. The summed E-state index contributed by atoms with van der Waals surface area (Å²) in [5, 5.41) is 4.57. The molecule has 1 N–H and O–H groups in total. The van der Waals surface area contributed by atoms with Gasteiger partial charge < -0.3 is 15.1 Å². The van der Waals surface area contributed by atoms with Crippen molar-refractivity contribution in [1.29, 1.82) is 0 Å². The van der Waals surface area contributed by atoms with Gasteiger partial charge in [0.2, 0.25) is 5.91 Å². The number of hydrogen-bond donors (Lipinski definition) is 1. The summed E-state index contributed by atoms with van der Waals surface area (Å²) in [6.45, 7) is 5.47. The number of carbonyl (C=O) groups is 1. The van der Waals surface area contributed by atoms with Gasteiger partial charge in [0.25, 0.3) is 0 Å². The van der Waals surface area contributed by atoms with E-state index in [2.05, 4.69) is 23.5 Å². The van der Waals surface area contributed by atoms with Crippen molar-refractivity contribution < 1.29 is 4.79 Å². The number of halogens is 2. The Morgan fingerprint density at radius 3 is 2.60 bits per heavy atom. The predicted molar refractivity (Wildman–Crippen MR) is 118 cm³/mol. The summed E-state index contributed by atoms with van der Waals surface area (Å²) >= 11 is 7.71. The monoisotopic (exact) mass is 496 g/mol. The first-order valence-corrected chi connectivity index (χ1v) is 9.70. The van der Waals surface area contributed by atoms with E-state index in [0.29, 0.717) is 29.9 Å². The van der Waals surface area contributed by atoms with Gasteiger partial charge >= 0.3 is 0 Å². The number of hydrogen-bond acceptors (Lipinski definition) is 3. The zero-order valence-electron chi connectivity index (χ0n) is 14.9. The molecule has 1 aromatic carbocycles. The minimum absolute atomic E-state index is 0. The number of thioether (sulfide) groups is 1. The molecule has 140 valence electrons. The van der Waals surface area contributed by atoms with E-state index in [4.69, 9.17) is 11.6 Å². The number of nitrogens with zero attached hydrogens (tertiary/aromatic N) is 3. The van der Waals surface area contributed by atoms with Crippen molar-refractivity contribution in [2.75, 3.05) is 39.5 Å². The first-order chi connectivity index (χ1) is 11.5. The molecule has 0 saturated carbocycles. The third kappa shape index (κ3) is 6.86. The Bertz CT molecular complexity index is 585. The number of carbonyl (C=O) groups excluding carboxylic acids is 1. The number of guanidine groups is 1. The molecule has 2 rings (SSSR count). The molecule has 1 aliphatic rings. The van der Waals surface area contributed by atoms with Gasteiger partial charge in [0, 0.05) is 43.5 Å². The van der Waals surface area contributed by atoms with Crippen molar-refractivity contribution in [2.24, 2.45) is 4.99 Å². The summed E-state index contributed by atoms with van der Waals surface area (Å²) in [5.74, 6) is 0.924. The van der Waals surface area contributed by atoms with Crippen molar-refractivity contribution in [1.82, 2.24) is 15.1 Å². The van der Waals surface area contributed by atoms with Crippen LogP contribution in [-0.4, -0.2) is 66.4 Å². The zero-order chi connectivity index (χ0) is 17.5. The van der Waals surface area contributed by atoms with Gasteiger partial charge in [-0.25, -0.2) is 0 Å². The minimum atomic E-state index is 0. The Morgan fingerprint density at radius 2 is 2.04 bits per heavy atom. The summed E-state index contributed by atoms with van der Waals surface area (Å²) in [6.07, 6.45) is 2.09. The van der Waals surface area contributed by atoms with E-state index in [1.165, 1.54) is 0 Å². The molecular weight excluding hydrogens is 471 g/mol. The highest BCUT2D eigenvalue weighted by Crippen LogP contribution is 2.13. The Hall–Kier alpha value is -0.670. The molecule has 0 radical (unpaired) electrons. The van der Waals surface area contributed by atoms with Crippen molar-refractivity contribution >= 4 is 59.2 Å². The molecule has 1 heterocycles. The van der Waals surface area contributed by atoms with Gasteiger partial charge in [0.05, 0.1) is 6.54 Å². The average Bonchev–Trinajstić information content (AvgIpc) is 2.59. The molecule has 0 spiro atoms. The van der Waals surface area contributed by atoms with Crippen LogP contribution in [0.5, 0.6) is 0 Å². The zero-order valence-corrected chi connectivity index (χ0v) is 18.8. The molecule has 1 aromatic rings. The second-order valence-corrected chi connectivity index (χ2v) is 7.55. The van der Waals surface area contributed by atoms with Crippen molar-refractivity contribution in [3.63, 3.8) is 0 Å². The summed E-state index contributed by atoms with van der Waals surface area (Å²) < 4.78 is 0. The van der Waals surface area contributed by atoms with Crippen LogP contribution in [0, 0.1) is 0 Å². The highest BCUT2D eigenvalue weighted by Gasteiger charge is 2.26. The van der Waals surface area contributed by atoms with Crippen LogP contribution >= 0.6 is 47.3 Å². The second-order valence-electron chi connectivity index (χ2n) is 5.84. The molecule has 8 heteroatoms. The molecular formula is C17H26ClIN4OS. The number of rotatable bonds is 5. The van der Waals surface area contributed by atoms with Gasteiger partial charge in [-0.3, -0.25) is 9.79 Å². The largest absolute Gasteiger partial charge is 0.355 e. The molecule has 1 fully saturated rings. The summed E-state index contributed by atoms with van der Waals surface area (Å²) in [5.41, 5.74) is 1.09. The van der Waals surface area contributed by atoms with E-state index in [1.807, 2.05) is 34.1 Å². The maximum atomic E-state index is 12.5. The van der Waals surface area contributed by atoms with E-state index in [1.54, 1.807) is 18.8 Å². The fraction of sp³-hybridized carbons (Fsp3) is 0.529. The third-order valence-electron chi connectivity index (χ3n) is 4.07. The normalized spacial score (nSPS) is 16.5. The van der Waals surface area contributed by atoms with E-state index in [-0.39, 0.29) is 29.9 Å². The summed E-state index contributed by atoms with van der Waals surface area (Å²) in [4.78, 5) is 20.7. The van der Waals surface area contributed by atoms with Gasteiger partial charge in [-0.05, 0) is 24.0 Å². The molecule has 0 bridgehead atoms. The smallest absolute Gasteiger partial charge is 0.242 e. The van der Waals surface area contributed by atoms with Crippen molar-refractivity contribution in [3.8, 4) is 0 Å². The van der Waals surface area contributed by atoms with Gasteiger partial charge in [0.15, 0.2) is 5.96 Å². The third-order valence-corrected chi connectivity index (χ3v) is 5.29. The number of benzene rings is 1. The first-order valence-electron chi connectivity index (χ1n) is 8.04. The van der Waals surface area contributed by atoms with Crippen LogP contribution < -0.4 is 5.32 Å². The standard InChI is InChI=1S/C17H25ClN4OS.HI/c1-13(24-3)10-20-17(19-2)22-9-8-21(16(23)12-22)11-14-4-6-15(18)7-5-14;/h4-7,13H,8-12H2,1-3H3,(H,19,20);1H. The lowest BCUT2D eigenvalue weighted by Gasteiger charge is -2.36. The first kappa shape index (κ1) is 22.4. The molecule has 1 unspecified atom stereocenters. The Balaban J connectivity index is 0.00000312. The fourth-order valence-electron chi connectivity index (χ4n) is 2.52. The van der Waals surface area contributed by atoms with Crippen molar-refractivity contribution in [2.45, 2.75) is 18.7 Å². The number of nitrogens with one attached hydrogen (secondary N) is 1. The van der Waals surface area contributed by atoms with Gasteiger partial charge in [-0.1, -0.05) is 30.7 Å². The predicted octanol–water partition coefficient (Wildman–Crippen LogP) is 2.93. The van der Waals surface area contributed by atoms with Gasteiger partial charge in [-0.2, -0.15) is 11.8 Å². The SMILES string of the molecule is CN=C(NCC(C)SC)N1CCN(Cc2ccc(Cl)cc2)C(=O)C1.I. The number of piperazine rings is 1. The van der Waals surface area contributed by atoms with Gasteiger partial charge in [-0.15, -0.1) is 24.0 Å². The lowest BCUT2D eigenvalue weighted by molar-refractivity contribution is -0.135. The number of aliphatic imine (C=N–C) groups is 1. The molecule has 25 heavy (non-hydrogen) atoms. The van der Waals surface area contributed by atoms with Crippen LogP contribution in [0.2, 0.25) is 5.02 Å². The number of amides is 1. The Labute approximate surface area is 176 Å². The van der Waals surface area contributed by atoms with Crippen molar-refractivity contribution in [3.05, 3.63) is 34.9 Å². The van der Waals surface area contributed by atoms with Crippen LogP contribution in [0.1, 0.15) is 12.5 Å². The highest BCUT2D eigenvalue weighted by atomic mass is 127. The highest BCUT2D eigenvalue weighted by molar-refractivity contribution is 14.0. The molecule has 1 saturated heterocycles. The van der Waals surface area contributed by atoms with Crippen LogP contribution in [-0.2, 0) is 11.3 Å². The van der Waals surface area contributed by atoms with Gasteiger partial charge in [0.1, 0.15) is 0 Å². The van der Waals surface area contributed by atoms with E-state index in [0.717, 1.165) is 24.6 Å². The minimum Gasteiger partial charge on any atom is -0.355 e. The van der Waals surface area contributed by atoms with E-state index in [9.17, 15) is 4.79 Å². The average molecular weight is 497 g/mol. The molecule has 5 nitrogen and oxygen atoms in total. The summed E-state index contributed by atoms with van der Waals surface area (Å²) in [7, 11) is 1.76. The quantitative estimate of drug-likeness (QED) is 0.387. The Kier molecular flexibility index (Phi) is 9.96. The maximum absolute atomic E-state index is 12.5.